The quantitative estimate of drug-likeness (QED) is 0.914. The van der Waals surface area contributed by atoms with E-state index >= 15 is 0 Å². The van der Waals surface area contributed by atoms with Crippen molar-refractivity contribution in [2.24, 2.45) is 0 Å². The zero-order valence-corrected chi connectivity index (χ0v) is 12.8. The van der Waals surface area contributed by atoms with E-state index in [-0.39, 0.29) is 6.10 Å². The maximum atomic E-state index is 12.7. The Balaban J connectivity index is 1.99. The van der Waals surface area contributed by atoms with Gasteiger partial charge >= 0.3 is 6.18 Å². The monoisotopic (exact) mass is 321 g/mol. The minimum absolute atomic E-state index is 0.0156. The number of nitrogens with one attached hydrogen (secondary N) is 1. The summed E-state index contributed by atoms with van der Waals surface area (Å²) in [7, 11) is 1.87. The van der Waals surface area contributed by atoms with Crippen LogP contribution in [0.5, 0.6) is 0 Å². The fourth-order valence-electron chi connectivity index (χ4n) is 3.04. The Kier molecular flexibility index (Phi) is 4.41. The second-order valence-corrected chi connectivity index (χ2v) is 5.62. The summed E-state index contributed by atoms with van der Waals surface area (Å²) >= 11 is 0. The van der Waals surface area contributed by atoms with Crippen molar-refractivity contribution in [3.8, 4) is 11.1 Å². The van der Waals surface area contributed by atoms with Crippen LogP contribution in [0.15, 0.2) is 42.5 Å². The highest BCUT2D eigenvalue weighted by atomic mass is 19.4. The topological polar surface area (TPSA) is 21.3 Å². The number of benzene rings is 2. The summed E-state index contributed by atoms with van der Waals surface area (Å²) in [6.07, 6.45) is -3.55. The summed E-state index contributed by atoms with van der Waals surface area (Å²) in [6, 6.07) is 11.3. The zero-order valence-electron chi connectivity index (χ0n) is 12.8. The lowest BCUT2D eigenvalue weighted by Gasteiger charge is -2.28. The van der Waals surface area contributed by atoms with Crippen molar-refractivity contribution >= 4 is 0 Å². The van der Waals surface area contributed by atoms with Gasteiger partial charge in [0.25, 0.3) is 0 Å². The average molecular weight is 321 g/mol. The van der Waals surface area contributed by atoms with E-state index in [9.17, 15) is 13.2 Å². The molecule has 2 aromatic carbocycles. The molecule has 2 nitrogen and oxygen atoms in total. The minimum atomic E-state index is -4.31. The molecule has 0 aliphatic carbocycles. The number of likely N-dealkylation sites (N-methyl/N-ethyl adjacent to an activating group) is 1. The van der Waals surface area contributed by atoms with Crippen LogP contribution in [0.4, 0.5) is 13.2 Å². The third kappa shape index (κ3) is 3.26. The van der Waals surface area contributed by atoms with Gasteiger partial charge in [-0.15, -0.1) is 0 Å². The van der Waals surface area contributed by atoms with Crippen LogP contribution in [0.1, 0.15) is 22.8 Å². The summed E-state index contributed by atoms with van der Waals surface area (Å²) in [5, 5.41) is 3.11. The van der Waals surface area contributed by atoms with Crippen LogP contribution in [-0.2, 0) is 17.3 Å². The molecular weight excluding hydrogens is 303 g/mol. The van der Waals surface area contributed by atoms with Gasteiger partial charge in [0.05, 0.1) is 18.3 Å². The molecule has 0 saturated carbocycles. The Morgan fingerprint density at radius 2 is 1.87 bits per heavy atom. The van der Waals surface area contributed by atoms with Gasteiger partial charge in [0, 0.05) is 6.54 Å². The molecule has 2 aromatic rings. The third-order valence-electron chi connectivity index (χ3n) is 4.14. The molecule has 3 rings (SSSR count). The maximum absolute atomic E-state index is 12.7. The molecule has 1 aliphatic rings. The molecule has 1 heterocycles. The lowest BCUT2D eigenvalue weighted by atomic mass is 9.89. The highest BCUT2D eigenvalue weighted by Gasteiger charge is 2.30. The standard InChI is InChI=1S/C18H18F3NO/c1-22-11-17-16-4-2-3-14(15(16)9-10-23-17)12-5-7-13(8-6-12)18(19,20)21/h2-8,17,22H,9-11H2,1H3/t17-/m0/s1. The van der Waals surface area contributed by atoms with Crippen molar-refractivity contribution in [2.45, 2.75) is 18.7 Å². The number of hydrogen-bond acceptors (Lipinski definition) is 2. The van der Waals surface area contributed by atoms with Gasteiger partial charge in [-0.3, -0.25) is 0 Å². The first-order valence-corrected chi connectivity index (χ1v) is 7.56. The smallest absolute Gasteiger partial charge is 0.372 e. The van der Waals surface area contributed by atoms with Gasteiger partial charge in [-0.2, -0.15) is 13.2 Å². The van der Waals surface area contributed by atoms with Gasteiger partial charge in [-0.25, -0.2) is 0 Å². The first-order chi connectivity index (χ1) is 11.0. The number of alkyl halides is 3. The number of fused-ring (bicyclic) bond motifs is 1. The molecule has 122 valence electrons. The second-order valence-electron chi connectivity index (χ2n) is 5.62. The lowest BCUT2D eigenvalue weighted by Crippen LogP contribution is -2.25. The Labute approximate surface area is 133 Å². The van der Waals surface area contributed by atoms with E-state index < -0.39 is 11.7 Å². The molecular formula is C18H18F3NO. The highest BCUT2D eigenvalue weighted by molar-refractivity contribution is 5.69. The average Bonchev–Trinajstić information content (AvgIpc) is 2.54. The summed E-state index contributed by atoms with van der Waals surface area (Å²) in [5.41, 5.74) is 3.45. The first-order valence-electron chi connectivity index (χ1n) is 7.56. The number of rotatable bonds is 3. The van der Waals surface area contributed by atoms with Crippen molar-refractivity contribution in [1.29, 1.82) is 0 Å². The van der Waals surface area contributed by atoms with Crippen LogP contribution in [0.2, 0.25) is 0 Å². The molecule has 0 unspecified atom stereocenters. The fraction of sp³-hybridized carbons (Fsp3) is 0.333. The van der Waals surface area contributed by atoms with Crippen LogP contribution < -0.4 is 5.32 Å². The van der Waals surface area contributed by atoms with Crippen molar-refractivity contribution in [2.75, 3.05) is 20.2 Å². The van der Waals surface area contributed by atoms with Gasteiger partial charge in [-0.1, -0.05) is 30.3 Å². The highest BCUT2D eigenvalue weighted by Crippen LogP contribution is 2.36. The summed E-state index contributed by atoms with van der Waals surface area (Å²) in [4.78, 5) is 0. The van der Waals surface area contributed by atoms with Crippen LogP contribution in [0.25, 0.3) is 11.1 Å². The molecule has 0 radical (unpaired) electrons. The van der Waals surface area contributed by atoms with Crippen LogP contribution in [0.3, 0.4) is 0 Å². The molecule has 1 N–H and O–H groups in total. The number of hydrogen-bond donors (Lipinski definition) is 1. The summed E-state index contributed by atoms with van der Waals surface area (Å²) in [5.74, 6) is 0. The molecule has 0 amide bonds. The predicted molar refractivity (Wildman–Crippen MR) is 83.2 cm³/mol. The normalized spacial score (nSPS) is 17.8. The van der Waals surface area contributed by atoms with Crippen LogP contribution >= 0.6 is 0 Å². The van der Waals surface area contributed by atoms with Gasteiger partial charge in [0.1, 0.15) is 0 Å². The summed E-state index contributed by atoms with van der Waals surface area (Å²) in [6.45, 7) is 1.33. The van der Waals surface area contributed by atoms with Crippen molar-refractivity contribution in [3.05, 3.63) is 59.2 Å². The van der Waals surface area contributed by atoms with E-state index in [1.54, 1.807) is 12.1 Å². The van der Waals surface area contributed by atoms with E-state index in [0.717, 1.165) is 35.2 Å². The molecule has 0 aromatic heterocycles. The van der Waals surface area contributed by atoms with Crippen molar-refractivity contribution in [1.82, 2.24) is 5.32 Å². The van der Waals surface area contributed by atoms with Crippen molar-refractivity contribution in [3.63, 3.8) is 0 Å². The minimum Gasteiger partial charge on any atom is -0.372 e. The SMILES string of the molecule is CNC[C@@H]1OCCc2c(-c3ccc(C(F)(F)F)cc3)cccc21. The van der Waals surface area contributed by atoms with Gasteiger partial charge in [-0.05, 0) is 47.9 Å². The number of ether oxygens (including phenoxy) is 1. The predicted octanol–water partition coefficient (Wildman–Crippen LogP) is 4.21. The third-order valence-corrected chi connectivity index (χ3v) is 4.14. The Bertz CT molecular complexity index is 680. The van der Waals surface area contributed by atoms with Crippen LogP contribution in [0, 0.1) is 0 Å². The molecule has 0 fully saturated rings. The maximum Gasteiger partial charge on any atom is 0.416 e. The van der Waals surface area contributed by atoms with E-state index in [1.807, 2.05) is 25.2 Å². The van der Waals surface area contributed by atoms with E-state index in [4.69, 9.17) is 4.74 Å². The van der Waals surface area contributed by atoms with Gasteiger partial charge < -0.3 is 10.1 Å². The summed E-state index contributed by atoms with van der Waals surface area (Å²) < 4.78 is 43.9. The number of halogens is 3. The van der Waals surface area contributed by atoms with Crippen molar-refractivity contribution < 1.29 is 17.9 Å². The molecule has 0 bridgehead atoms. The zero-order chi connectivity index (χ0) is 16.4. The Morgan fingerprint density at radius 3 is 2.52 bits per heavy atom. The second kappa shape index (κ2) is 6.34. The van der Waals surface area contributed by atoms with E-state index in [0.29, 0.717) is 13.2 Å². The molecule has 0 spiro atoms. The fourth-order valence-corrected chi connectivity index (χ4v) is 3.04. The molecule has 1 atom stereocenters. The molecule has 5 heteroatoms. The Hall–Kier alpha value is -1.85. The lowest BCUT2D eigenvalue weighted by molar-refractivity contribution is -0.137. The van der Waals surface area contributed by atoms with Crippen LogP contribution in [-0.4, -0.2) is 20.2 Å². The van der Waals surface area contributed by atoms with E-state index in [2.05, 4.69) is 5.32 Å². The van der Waals surface area contributed by atoms with Gasteiger partial charge in [0.15, 0.2) is 0 Å². The van der Waals surface area contributed by atoms with E-state index in [1.165, 1.54) is 5.56 Å². The molecule has 0 saturated heterocycles. The molecule has 1 aliphatic heterocycles. The molecule has 23 heavy (non-hydrogen) atoms. The largest absolute Gasteiger partial charge is 0.416 e. The first kappa shape index (κ1) is 16.0. The Morgan fingerprint density at radius 1 is 1.13 bits per heavy atom. The van der Waals surface area contributed by atoms with Gasteiger partial charge in [0.2, 0.25) is 0 Å².